The summed E-state index contributed by atoms with van der Waals surface area (Å²) < 4.78 is 1.03. The fourth-order valence-corrected chi connectivity index (χ4v) is 2.24. The molecule has 0 spiro atoms. The van der Waals surface area contributed by atoms with Crippen LogP contribution in [0.1, 0.15) is 21.5 Å². The lowest BCUT2D eigenvalue weighted by atomic mass is 10.1. The molecule has 0 amide bonds. The average Bonchev–Trinajstić information content (AvgIpc) is 2.40. The normalized spacial score (nSPS) is 10.2. The predicted octanol–water partition coefficient (Wildman–Crippen LogP) is 4.07. The topological polar surface area (TPSA) is 49.3 Å². The molecule has 3 nitrogen and oxygen atoms in total. The van der Waals surface area contributed by atoms with Gasteiger partial charge in [0.15, 0.2) is 0 Å². The molecule has 2 N–H and O–H groups in total. The van der Waals surface area contributed by atoms with Crippen LogP contribution in [0.2, 0.25) is 0 Å². The lowest BCUT2D eigenvalue weighted by Gasteiger charge is -2.12. The summed E-state index contributed by atoms with van der Waals surface area (Å²) in [5.41, 5.74) is 3.21. The highest BCUT2D eigenvalue weighted by molar-refractivity contribution is 9.10. The van der Waals surface area contributed by atoms with E-state index in [1.54, 1.807) is 12.1 Å². The van der Waals surface area contributed by atoms with Crippen LogP contribution in [0.15, 0.2) is 46.9 Å². The van der Waals surface area contributed by atoms with E-state index in [0.717, 1.165) is 21.3 Å². The van der Waals surface area contributed by atoms with Crippen molar-refractivity contribution in [1.29, 1.82) is 0 Å². The number of carboxylic acid groups (broad SMARTS) is 1. The van der Waals surface area contributed by atoms with Crippen molar-refractivity contribution in [3.8, 4) is 0 Å². The second kappa shape index (κ2) is 5.89. The predicted molar refractivity (Wildman–Crippen MR) is 79.6 cm³/mol. The molecule has 0 aromatic heterocycles. The molecule has 0 saturated carbocycles. The highest BCUT2D eigenvalue weighted by Gasteiger charge is 2.09. The zero-order valence-electron chi connectivity index (χ0n) is 10.5. The maximum atomic E-state index is 11.1. The second-order valence-electron chi connectivity index (χ2n) is 4.23. The third kappa shape index (κ3) is 3.15. The molecular formula is C15H14BrNO2. The van der Waals surface area contributed by atoms with Gasteiger partial charge < -0.3 is 10.4 Å². The van der Waals surface area contributed by atoms with E-state index >= 15 is 0 Å². The second-order valence-corrected chi connectivity index (χ2v) is 5.08. The van der Waals surface area contributed by atoms with Crippen molar-refractivity contribution < 1.29 is 9.90 Å². The van der Waals surface area contributed by atoms with E-state index in [1.165, 1.54) is 0 Å². The summed E-state index contributed by atoms with van der Waals surface area (Å²) in [5.74, 6) is -0.900. The Balaban J connectivity index is 2.19. The maximum Gasteiger partial charge on any atom is 0.336 e. The van der Waals surface area contributed by atoms with Gasteiger partial charge in [0.1, 0.15) is 0 Å². The van der Waals surface area contributed by atoms with Gasteiger partial charge in [-0.1, -0.05) is 40.2 Å². The van der Waals surface area contributed by atoms with Crippen molar-refractivity contribution in [2.24, 2.45) is 0 Å². The van der Waals surface area contributed by atoms with E-state index in [-0.39, 0.29) is 0 Å². The third-order valence-corrected chi connectivity index (χ3v) is 3.84. The Bertz CT molecular complexity index is 611. The molecule has 0 aliphatic heterocycles. The molecule has 2 aromatic carbocycles. The summed E-state index contributed by atoms with van der Waals surface area (Å²) in [4.78, 5) is 11.1. The highest BCUT2D eigenvalue weighted by Crippen LogP contribution is 2.24. The molecule has 0 fully saturated rings. The zero-order chi connectivity index (χ0) is 13.8. The Morgan fingerprint density at radius 2 is 1.95 bits per heavy atom. The number of hydrogen-bond donors (Lipinski definition) is 2. The Morgan fingerprint density at radius 1 is 1.21 bits per heavy atom. The van der Waals surface area contributed by atoms with E-state index < -0.39 is 5.97 Å². The molecule has 2 rings (SSSR count). The number of aromatic carboxylic acids is 1. The first-order valence-corrected chi connectivity index (χ1v) is 6.69. The number of anilines is 1. The standard InChI is InChI=1S/C15H14BrNO2/c1-10-13(16)7-4-8-14(10)17-9-11-5-2-3-6-12(11)15(18)19/h2-8,17H,9H2,1H3,(H,18,19). The lowest BCUT2D eigenvalue weighted by molar-refractivity contribution is 0.0696. The summed E-state index contributed by atoms with van der Waals surface area (Å²) in [6.07, 6.45) is 0. The first-order valence-electron chi connectivity index (χ1n) is 5.90. The first-order chi connectivity index (χ1) is 9.09. The molecule has 0 unspecified atom stereocenters. The Hall–Kier alpha value is -1.81. The minimum atomic E-state index is -0.900. The van der Waals surface area contributed by atoms with Crippen LogP contribution >= 0.6 is 15.9 Å². The van der Waals surface area contributed by atoms with Gasteiger partial charge in [-0.05, 0) is 36.2 Å². The van der Waals surface area contributed by atoms with Crippen LogP contribution in [-0.2, 0) is 6.54 Å². The summed E-state index contributed by atoms with van der Waals surface area (Å²) >= 11 is 3.48. The van der Waals surface area contributed by atoms with Crippen LogP contribution in [0.25, 0.3) is 0 Å². The Kier molecular flexibility index (Phi) is 4.22. The largest absolute Gasteiger partial charge is 0.478 e. The van der Waals surface area contributed by atoms with E-state index in [4.69, 9.17) is 5.11 Å². The smallest absolute Gasteiger partial charge is 0.336 e. The summed E-state index contributed by atoms with van der Waals surface area (Å²) in [7, 11) is 0. The van der Waals surface area contributed by atoms with Crippen molar-refractivity contribution in [2.75, 3.05) is 5.32 Å². The fourth-order valence-electron chi connectivity index (χ4n) is 1.87. The molecule has 0 aliphatic rings. The molecule has 0 bridgehead atoms. The van der Waals surface area contributed by atoms with Crippen LogP contribution in [0, 0.1) is 6.92 Å². The number of benzene rings is 2. The molecule has 19 heavy (non-hydrogen) atoms. The van der Waals surface area contributed by atoms with Crippen molar-refractivity contribution >= 4 is 27.6 Å². The van der Waals surface area contributed by atoms with Gasteiger partial charge in [-0.25, -0.2) is 4.79 Å². The third-order valence-electron chi connectivity index (χ3n) is 2.98. The van der Waals surface area contributed by atoms with E-state index in [0.29, 0.717) is 12.1 Å². The fraction of sp³-hybridized carbons (Fsp3) is 0.133. The van der Waals surface area contributed by atoms with Crippen LogP contribution in [-0.4, -0.2) is 11.1 Å². The SMILES string of the molecule is Cc1c(Br)cccc1NCc1ccccc1C(=O)O. The van der Waals surface area contributed by atoms with E-state index in [9.17, 15) is 4.79 Å². The average molecular weight is 320 g/mol. The molecule has 4 heteroatoms. The molecule has 0 saturated heterocycles. The highest BCUT2D eigenvalue weighted by atomic mass is 79.9. The minimum Gasteiger partial charge on any atom is -0.478 e. The molecule has 2 aromatic rings. The van der Waals surface area contributed by atoms with Crippen LogP contribution in [0.3, 0.4) is 0 Å². The van der Waals surface area contributed by atoms with Gasteiger partial charge in [-0.2, -0.15) is 0 Å². The number of nitrogens with one attached hydrogen (secondary N) is 1. The summed E-state index contributed by atoms with van der Waals surface area (Å²) in [6, 6.07) is 12.9. The van der Waals surface area contributed by atoms with Gasteiger partial charge in [0.25, 0.3) is 0 Å². The molecule has 0 aliphatic carbocycles. The monoisotopic (exact) mass is 319 g/mol. The lowest BCUT2D eigenvalue weighted by Crippen LogP contribution is -2.07. The Labute approximate surface area is 120 Å². The number of carbonyl (C=O) groups is 1. The van der Waals surface area contributed by atoms with Gasteiger partial charge in [0.2, 0.25) is 0 Å². The Morgan fingerprint density at radius 3 is 2.68 bits per heavy atom. The van der Waals surface area contributed by atoms with Crippen molar-refractivity contribution in [2.45, 2.75) is 13.5 Å². The zero-order valence-corrected chi connectivity index (χ0v) is 12.1. The molecular weight excluding hydrogens is 306 g/mol. The van der Waals surface area contributed by atoms with Gasteiger partial charge in [-0.15, -0.1) is 0 Å². The van der Waals surface area contributed by atoms with Crippen LogP contribution in [0.5, 0.6) is 0 Å². The maximum absolute atomic E-state index is 11.1. The van der Waals surface area contributed by atoms with E-state index in [2.05, 4.69) is 21.2 Å². The minimum absolute atomic E-state index is 0.336. The van der Waals surface area contributed by atoms with Crippen LogP contribution in [0.4, 0.5) is 5.69 Å². The quantitative estimate of drug-likeness (QED) is 0.893. The first kappa shape index (κ1) is 13.6. The number of rotatable bonds is 4. The molecule has 0 heterocycles. The number of hydrogen-bond acceptors (Lipinski definition) is 2. The molecule has 0 atom stereocenters. The van der Waals surface area contributed by atoms with E-state index in [1.807, 2.05) is 37.3 Å². The number of carboxylic acids is 1. The molecule has 98 valence electrons. The van der Waals surface area contributed by atoms with Crippen LogP contribution < -0.4 is 5.32 Å². The number of halogens is 1. The van der Waals surface area contributed by atoms with Gasteiger partial charge in [0, 0.05) is 16.7 Å². The summed E-state index contributed by atoms with van der Waals surface area (Å²) in [6.45, 7) is 2.50. The van der Waals surface area contributed by atoms with Gasteiger partial charge >= 0.3 is 5.97 Å². The van der Waals surface area contributed by atoms with Gasteiger partial charge in [0.05, 0.1) is 5.56 Å². The molecule has 0 radical (unpaired) electrons. The van der Waals surface area contributed by atoms with Crippen molar-refractivity contribution in [3.63, 3.8) is 0 Å². The van der Waals surface area contributed by atoms with Crippen molar-refractivity contribution in [3.05, 3.63) is 63.6 Å². The van der Waals surface area contributed by atoms with Gasteiger partial charge in [-0.3, -0.25) is 0 Å². The summed E-state index contributed by atoms with van der Waals surface area (Å²) in [5, 5.41) is 12.4. The van der Waals surface area contributed by atoms with Crippen molar-refractivity contribution in [1.82, 2.24) is 0 Å².